The Morgan fingerprint density at radius 3 is 2.40 bits per heavy atom. The van der Waals surface area contributed by atoms with Gasteiger partial charge in [-0.3, -0.25) is 0 Å². The number of para-hydroxylation sites is 4. The van der Waals surface area contributed by atoms with E-state index in [1.165, 1.54) is 5.56 Å². The van der Waals surface area contributed by atoms with E-state index in [2.05, 4.69) is 36.6 Å². The van der Waals surface area contributed by atoms with Gasteiger partial charge in [-0.15, -0.1) is 0 Å². The van der Waals surface area contributed by atoms with E-state index in [4.69, 9.17) is 19.2 Å². The van der Waals surface area contributed by atoms with Crippen molar-refractivity contribution in [3.05, 3.63) is 83.7 Å². The van der Waals surface area contributed by atoms with E-state index in [-0.39, 0.29) is 0 Å². The molecule has 30 heavy (non-hydrogen) atoms. The first-order valence-electron chi connectivity index (χ1n) is 10.1. The Hall–Kier alpha value is -3.47. The maximum Gasteiger partial charge on any atom is 0.161 e. The summed E-state index contributed by atoms with van der Waals surface area (Å²) in [6.45, 7) is 5.73. The smallest absolute Gasteiger partial charge is 0.161 e. The molecule has 1 aromatic heterocycles. The SMILES string of the molecule is COc1ccccc1OCc1nc2ccccc2n1CCOc1ccc(C)cc1C. The van der Waals surface area contributed by atoms with Crippen LogP contribution >= 0.6 is 0 Å². The number of rotatable bonds is 8. The minimum Gasteiger partial charge on any atom is -0.493 e. The van der Waals surface area contributed by atoms with Crippen LogP contribution in [0.15, 0.2) is 66.7 Å². The Bertz CT molecular complexity index is 1150. The molecule has 0 aliphatic carbocycles. The van der Waals surface area contributed by atoms with Crippen LogP contribution in [0.2, 0.25) is 0 Å². The third-order valence-electron chi connectivity index (χ3n) is 5.06. The van der Waals surface area contributed by atoms with E-state index >= 15 is 0 Å². The van der Waals surface area contributed by atoms with Crippen molar-refractivity contribution in [2.75, 3.05) is 13.7 Å². The van der Waals surface area contributed by atoms with E-state index in [1.807, 2.05) is 48.5 Å². The summed E-state index contributed by atoms with van der Waals surface area (Å²) in [6, 6.07) is 22.0. The van der Waals surface area contributed by atoms with Crippen LogP contribution < -0.4 is 14.2 Å². The number of benzene rings is 3. The first-order chi connectivity index (χ1) is 14.7. The molecular weight excluding hydrogens is 376 g/mol. The molecule has 0 saturated carbocycles. The Labute approximate surface area is 176 Å². The van der Waals surface area contributed by atoms with Crippen molar-refractivity contribution in [2.45, 2.75) is 27.0 Å². The van der Waals surface area contributed by atoms with Crippen LogP contribution in [-0.2, 0) is 13.2 Å². The largest absolute Gasteiger partial charge is 0.493 e. The molecule has 1 heterocycles. The lowest BCUT2D eigenvalue weighted by Gasteiger charge is -2.14. The molecule has 5 nitrogen and oxygen atoms in total. The van der Waals surface area contributed by atoms with Gasteiger partial charge >= 0.3 is 0 Å². The summed E-state index contributed by atoms with van der Waals surface area (Å²) in [7, 11) is 1.64. The summed E-state index contributed by atoms with van der Waals surface area (Å²) < 4.78 is 19.6. The van der Waals surface area contributed by atoms with Crippen molar-refractivity contribution in [3.63, 3.8) is 0 Å². The van der Waals surface area contributed by atoms with Crippen LogP contribution in [0.4, 0.5) is 0 Å². The van der Waals surface area contributed by atoms with Crippen LogP contribution in [0.3, 0.4) is 0 Å². The fraction of sp³-hybridized carbons (Fsp3) is 0.240. The maximum atomic E-state index is 6.06. The highest BCUT2D eigenvalue weighted by Gasteiger charge is 2.13. The second kappa shape index (κ2) is 8.91. The molecule has 0 aliphatic rings. The predicted molar refractivity (Wildman–Crippen MR) is 118 cm³/mol. The molecule has 0 N–H and O–H groups in total. The Kier molecular flexibility index (Phi) is 5.89. The fourth-order valence-electron chi connectivity index (χ4n) is 3.57. The average molecular weight is 402 g/mol. The molecule has 4 rings (SSSR count). The molecule has 0 saturated heterocycles. The number of ether oxygens (including phenoxy) is 3. The highest BCUT2D eigenvalue weighted by atomic mass is 16.5. The number of nitrogens with zero attached hydrogens (tertiary/aromatic N) is 2. The van der Waals surface area contributed by atoms with Gasteiger partial charge in [-0.25, -0.2) is 4.98 Å². The molecular formula is C25H26N2O3. The second-order valence-electron chi connectivity index (χ2n) is 7.23. The summed E-state index contributed by atoms with van der Waals surface area (Å²) in [6.07, 6.45) is 0. The molecule has 4 aromatic rings. The van der Waals surface area contributed by atoms with Crippen molar-refractivity contribution in [1.29, 1.82) is 0 Å². The standard InChI is InChI=1S/C25H26N2O3/c1-18-12-13-22(19(2)16-18)29-15-14-27-21-9-5-4-8-20(21)26-25(27)17-30-24-11-7-6-10-23(24)28-3/h4-13,16H,14-15,17H2,1-3H3. The molecule has 0 spiro atoms. The summed E-state index contributed by atoms with van der Waals surface area (Å²) in [5, 5.41) is 0. The van der Waals surface area contributed by atoms with Gasteiger partial charge in [-0.1, -0.05) is 42.0 Å². The van der Waals surface area contributed by atoms with Crippen molar-refractivity contribution in [1.82, 2.24) is 9.55 Å². The number of hydrogen-bond acceptors (Lipinski definition) is 4. The minimum atomic E-state index is 0.346. The van der Waals surface area contributed by atoms with Gasteiger partial charge < -0.3 is 18.8 Å². The van der Waals surface area contributed by atoms with Gasteiger partial charge in [0.15, 0.2) is 11.5 Å². The first-order valence-corrected chi connectivity index (χ1v) is 10.1. The highest BCUT2D eigenvalue weighted by molar-refractivity contribution is 5.75. The minimum absolute atomic E-state index is 0.346. The highest BCUT2D eigenvalue weighted by Crippen LogP contribution is 2.27. The number of methoxy groups -OCH3 is 1. The van der Waals surface area contributed by atoms with Gasteiger partial charge in [-0.05, 0) is 49.7 Å². The van der Waals surface area contributed by atoms with Gasteiger partial charge in [0.05, 0.1) is 24.7 Å². The zero-order chi connectivity index (χ0) is 20.9. The average Bonchev–Trinajstić information content (AvgIpc) is 3.11. The third-order valence-corrected chi connectivity index (χ3v) is 5.06. The zero-order valence-corrected chi connectivity index (χ0v) is 17.6. The topological polar surface area (TPSA) is 45.5 Å². The predicted octanol–water partition coefficient (Wildman–Crippen LogP) is 5.32. The van der Waals surface area contributed by atoms with E-state index < -0.39 is 0 Å². The molecule has 0 aliphatic heterocycles. The van der Waals surface area contributed by atoms with Crippen molar-refractivity contribution >= 4 is 11.0 Å². The number of fused-ring (bicyclic) bond motifs is 1. The van der Waals surface area contributed by atoms with Crippen molar-refractivity contribution in [3.8, 4) is 17.2 Å². The van der Waals surface area contributed by atoms with Crippen LogP contribution in [0.5, 0.6) is 17.2 Å². The second-order valence-corrected chi connectivity index (χ2v) is 7.23. The molecule has 0 amide bonds. The molecule has 0 atom stereocenters. The van der Waals surface area contributed by atoms with Gasteiger partial charge in [0.1, 0.15) is 24.8 Å². The Balaban J connectivity index is 1.52. The lowest BCUT2D eigenvalue weighted by Crippen LogP contribution is -2.13. The zero-order valence-electron chi connectivity index (χ0n) is 17.6. The summed E-state index contributed by atoms with van der Waals surface area (Å²) in [4.78, 5) is 4.78. The van der Waals surface area contributed by atoms with Gasteiger partial charge in [-0.2, -0.15) is 0 Å². The lowest BCUT2D eigenvalue weighted by atomic mass is 10.1. The molecule has 5 heteroatoms. The first kappa shape index (κ1) is 19.8. The van der Waals surface area contributed by atoms with Crippen LogP contribution in [-0.4, -0.2) is 23.3 Å². The normalized spacial score (nSPS) is 10.9. The number of imidazole rings is 1. The number of hydrogen-bond donors (Lipinski definition) is 0. The fourth-order valence-corrected chi connectivity index (χ4v) is 3.57. The van der Waals surface area contributed by atoms with E-state index in [1.54, 1.807) is 7.11 Å². The van der Waals surface area contributed by atoms with E-state index in [0.717, 1.165) is 28.2 Å². The van der Waals surface area contributed by atoms with Crippen LogP contribution in [0.25, 0.3) is 11.0 Å². The lowest BCUT2D eigenvalue weighted by molar-refractivity contribution is 0.261. The van der Waals surface area contributed by atoms with Gasteiger partial charge in [0, 0.05) is 0 Å². The number of aryl methyl sites for hydroxylation is 2. The molecule has 0 radical (unpaired) electrons. The van der Waals surface area contributed by atoms with E-state index in [0.29, 0.717) is 31.3 Å². The quantitative estimate of drug-likeness (QED) is 0.400. The van der Waals surface area contributed by atoms with Crippen LogP contribution in [0.1, 0.15) is 17.0 Å². The van der Waals surface area contributed by atoms with Gasteiger partial charge in [0.2, 0.25) is 0 Å². The molecule has 0 bridgehead atoms. The Morgan fingerprint density at radius 1 is 0.833 bits per heavy atom. The molecule has 154 valence electrons. The molecule has 3 aromatic carbocycles. The van der Waals surface area contributed by atoms with Crippen molar-refractivity contribution < 1.29 is 14.2 Å². The number of aromatic nitrogens is 2. The molecule has 0 fully saturated rings. The maximum absolute atomic E-state index is 6.06. The summed E-state index contributed by atoms with van der Waals surface area (Å²) in [5.74, 6) is 3.17. The monoisotopic (exact) mass is 402 g/mol. The van der Waals surface area contributed by atoms with Gasteiger partial charge in [0.25, 0.3) is 0 Å². The summed E-state index contributed by atoms with van der Waals surface area (Å²) >= 11 is 0. The van der Waals surface area contributed by atoms with Crippen molar-refractivity contribution in [2.24, 2.45) is 0 Å². The third kappa shape index (κ3) is 4.25. The molecule has 0 unspecified atom stereocenters. The Morgan fingerprint density at radius 2 is 1.60 bits per heavy atom. The summed E-state index contributed by atoms with van der Waals surface area (Å²) in [5.41, 5.74) is 4.39. The van der Waals surface area contributed by atoms with Crippen LogP contribution in [0, 0.1) is 13.8 Å². The van der Waals surface area contributed by atoms with E-state index in [9.17, 15) is 0 Å².